The number of guanidine groups is 1. The molecule has 1 aromatic heterocycles. The fourth-order valence-electron chi connectivity index (χ4n) is 3.03. The molecule has 9 heteroatoms. The van der Waals surface area contributed by atoms with Gasteiger partial charge >= 0.3 is 0 Å². The molecule has 0 saturated carbocycles. The van der Waals surface area contributed by atoms with E-state index in [0.29, 0.717) is 45.1 Å². The summed E-state index contributed by atoms with van der Waals surface area (Å²) in [7, 11) is 2.46. The van der Waals surface area contributed by atoms with E-state index in [4.69, 9.17) is 4.74 Å². The van der Waals surface area contributed by atoms with Gasteiger partial charge in [0.25, 0.3) is 0 Å². The van der Waals surface area contributed by atoms with Gasteiger partial charge in [-0.05, 0) is 25.0 Å². The lowest BCUT2D eigenvalue weighted by Gasteiger charge is -2.36. The molecule has 0 spiro atoms. The first-order valence-corrected chi connectivity index (χ1v) is 9.97. The van der Waals surface area contributed by atoms with Crippen LogP contribution in [0, 0.1) is 0 Å². The van der Waals surface area contributed by atoms with Crippen molar-refractivity contribution in [2.24, 2.45) is 12.0 Å². The second-order valence-electron chi connectivity index (χ2n) is 6.43. The van der Waals surface area contributed by atoms with Crippen molar-refractivity contribution in [1.82, 2.24) is 14.8 Å². The number of aromatic nitrogens is 1. The molecule has 1 aliphatic heterocycles. The van der Waals surface area contributed by atoms with Gasteiger partial charge in [-0.25, -0.2) is 8.42 Å². The summed E-state index contributed by atoms with van der Waals surface area (Å²) in [6.07, 6.45) is 4.34. The lowest BCUT2D eigenvalue weighted by molar-refractivity contribution is 0.0754. The number of rotatable bonds is 5. The number of halogens is 1. The molecule has 0 atom stereocenters. The summed E-state index contributed by atoms with van der Waals surface area (Å²) in [5.74, 6) is 0.686. The van der Waals surface area contributed by atoms with Crippen molar-refractivity contribution in [2.75, 3.05) is 40.1 Å². The minimum Gasteiger partial charge on any atom is -0.381 e. The van der Waals surface area contributed by atoms with E-state index in [1.807, 2.05) is 31.3 Å². The Hall–Kier alpha value is -0.810. The number of hydrogen-bond donors (Lipinski definition) is 1. The molecule has 0 amide bonds. The van der Waals surface area contributed by atoms with E-state index in [1.54, 1.807) is 7.05 Å². The maximum absolute atomic E-state index is 12.3. The highest BCUT2D eigenvalue weighted by Crippen LogP contribution is 2.28. The zero-order valence-corrected chi connectivity index (χ0v) is 18.5. The van der Waals surface area contributed by atoms with Crippen LogP contribution >= 0.6 is 24.0 Å². The average molecular weight is 484 g/mol. The normalized spacial score (nSPS) is 17.7. The number of aryl methyl sites for hydroxylation is 1. The van der Waals surface area contributed by atoms with Crippen LogP contribution in [-0.2, 0) is 28.2 Å². The smallest absolute Gasteiger partial charge is 0.193 e. The molecule has 2 rings (SSSR count). The molecule has 0 unspecified atom stereocenters. The Labute approximate surface area is 167 Å². The Balaban J connectivity index is 0.00000312. The number of nitrogens with one attached hydrogen (secondary N) is 1. The molecular formula is C16H29IN4O3S. The molecule has 2 heterocycles. The molecule has 25 heavy (non-hydrogen) atoms. The van der Waals surface area contributed by atoms with Gasteiger partial charge in [-0.1, -0.05) is 0 Å². The Bertz CT molecular complexity index is 681. The molecular weight excluding hydrogens is 455 g/mol. The van der Waals surface area contributed by atoms with E-state index in [1.165, 1.54) is 6.26 Å². The third-order valence-corrected chi connectivity index (χ3v) is 6.91. The molecule has 1 aliphatic rings. The van der Waals surface area contributed by atoms with Gasteiger partial charge in [-0.3, -0.25) is 4.99 Å². The lowest BCUT2D eigenvalue weighted by Crippen LogP contribution is -2.53. The average Bonchev–Trinajstić information content (AvgIpc) is 2.93. The first-order valence-electron chi connectivity index (χ1n) is 8.08. The van der Waals surface area contributed by atoms with E-state index >= 15 is 0 Å². The van der Waals surface area contributed by atoms with E-state index < -0.39 is 14.6 Å². The van der Waals surface area contributed by atoms with Crippen LogP contribution in [-0.4, -0.2) is 68.7 Å². The molecule has 1 aromatic rings. The molecule has 7 nitrogen and oxygen atoms in total. The third-order valence-electron chi connectivity index (χ3n) is 4.78. The summed E-state index contributed by atoms with van der Waals surface area (Å²) in [5.41, 5.74) is 1.16. The maximum Gasteiger partial charge on any atom is 0.193 e. The van der Waals surface area contributed by atoms with Crippen molar-refractivity contribution in [1.29, 1.82) is 0 Å². The van der Waals surface area contributed by atoms with Gasteiger partial charge in [-0.2, -0.15) is 0 Å². The summed E-state index contributed by atoms with van der Waals surface area (Å²) >= 11 is 0. The van der Waals surface area contributed by atoms with Gasteiger partial charge < -0.3 is 19.5 Å². The van der Waals surface area contributed by atoms with Crippen molar-refractivity contribution in [3.63, 3.8) is 0 Å². The molecule has 1 N–H and O–H groups in total. The monoisotopic (exact) mass is 484 g/mol. The number of nitrogens with zero attached hydrogens (tertiary/aromatic N) is 3. The summed E-state index contributed by atoms with van der Waals surface area (Å²) in [6.45, 7) is 2.00. The van der Waals surface area contributed by atoms with Gasteiger partial charge in [0.1, 0.15) is 0 Å². The summed E-state index contributed by atoms with van der Waals surface area (Å²) in [5, 5.41) is 3.25. The Morgan fingerprint density at radius 1 is 1.44 bits per heavy atom. The van der Waals surface area contributed by atoms with Crippen LogP contribution in [0.4, 0.5) is 0 Å². The quantitative estimate of drug-likeness (QED) is 0.387. The number of aliphatic imine (C=N–C) groups is 1. The van der Waals surface area contributed by atoms with Crippen molar-refractivity contribution in [2.45, 2.75) is 24.1 Å². The van der Waals surface area contributed by atoms with Crippen molar-refractivity contribution < 1.29 is 13.2 Å². The molecule has 1 fully saturated rings. The van der Waals surface area contributed by atoms with Crippen LogP contribution in [0.3, 0.4) is 0 Å². The number of ether oxygens (including phenoxy) is 1. The van der Waals surface area contributed by atoms with Gasteiger partial charge in [-0.15, -0.1) is 24.0 Å². The van der Waals surface area contributed by atoms with E-state index in [9.17, 15) is 8.42 Å². The van der Waals surface area contributed by atoms with Gasteiger partial charge in [0.05, 0.1) is 11.3 Å². The minimum atomic E-state index is -3.19. The zero-order chi connectivity index (χ0) is 17.8. The van der Waals surface area contributed by atoms with Crippen LogP contribution in [0.15, 0.2) is 23.3 Å². The highest BCUT2D eigenvalue weighted by atomic mass is 127. The molecule has 0 aromatic carbocycles. The van der Waals surface area contributed by atoms with Crippen LogP contribution in [0.2, 0.25) is 0 Å². The van der Waals surface area contributed by atoms with E-state index in [2.05, 4.69) is 20.9 Å². The molecule has 144 valence electrons. The molecule has 0 bridgehead atoms. The predicted octanol–water partition coefficient (Wildman–Crippen LogP) is 1.24. The van der Waals surface area contributed by atoms with Crippen molar-refractivity contribution >= 4 is 39.8 Å². The van der Waals surface area contributed by atoms with Gasteiger partial charge in [0.2, 0.25) is 0 Å². The van der Waals surface area contributed by atoms with Crippen LogP contribution < -0.4 is 5.32 Å². The second-order valence-corrected chi connectivity index (χ2v) is 8.85. The fourth-order valence-corrected chi connectivity index (χ4v) is 4.27. The van der Waals surface area contributed by atoms with Crippen LogP contribution in [0.5, 0.6) is 0 Å². The highest BCUT2D eigenvalue weighted by Gasteiger charge is 2.42. The third kappa shape index (κ3) is 5.33. The summed E-state index contributed by atoms with van der Waals surface area (Å²) < 4.78 is 31.3. The maximum atomic E-state index is 12.3. The largest absolute Gasteiger partial charge is 0.381 e. The van der Waals surface area contributed by atoms with Gasteiger partial charge in [0.15, 0.2) is 15.8 Å². The van der Waals surface area contributed by atoms with E-state index in [-0.39, 0.29) is 24.0 Å². The predicted molar refractivity (Wildman–Crippen MR) is 111 cm³/mol. The van der Waals surface area contributed by atoms with Gasteiger partial charge in [0, 0.05) is 59.0 Å². The Morgan fingerprint density at radius 2 is 2.08 bits per heavy atom. The topological polar surface area (TPSA) is 75.9 Å². The molecule has 0 radical (unpaired) electrons. The summed E-state index contributed by atoms with van der Waals surface area (Å²) in [6, 6.07) is 4.06. The number of sulfone groups is 1. The summed E-state index contributed by atoms with van der Waals surface area (Å²) in [4.78, 5) is 6.28. The standard InChI is InChI=1S/C16H28N4O3S.HI/c1-17-15(20(3)12-14-6-5-9-19(14)2)18-13-16(24(4,21)22)7-10-23-11-8-16;/h5-6,9H,7-8,10-13H2,1-4H3,(H,17,18);1H. The highest BCUT2D eigenvalue weighted by molar-refractivity contribution is 14.0. The molecule has 1 saturated heterocycles. The lowest BCUT2D eigenvalue weighted by atomic mass is 9.99. The van der Waals surface area contributed by atoms with Crippen molar-refractivity contribution in [3.8, 4) is 0 Å². The van der Waals surface area contributed by atoms with Crippen LogP contribution in [0.25, 0.3) is 0 Å². The van der Waals surface area contributed by atoms with Crippen LogP contribution in [0.1, 0.15) is 18.5 Å². The zero-order valence-electron chi connectivity index (χ0n) is 15.4. The first-order chi connectivity index (χ1) is 11.3. The second kappa shape index (κ2) is 9.22. The first kappa shape index (κ1) is 22.2. The fraction of sp³-hybridized carbons (Fsp3) is 0.688. The number of hydrogen-bond acceptors (Lipinski definition) is 4. The van der Waals surface area contributed by atoms with Crippen molar-refractivity contribution in [3.05, 3.63) is 24.0 Å². The molecule has 0 aliphatic carbocycles. The van der Waals surface area contributed by atoms with E-state index in [0.717, 1.165) is 5.69 Å². The minimum absolute atomic E-state index is 0. The Kier molecular flexibility index (Phi) is 8.20. The Morgan fingerprint density at radius 3 is 2.56 bits per heavy atom. The SMILES string of the molecule is CN=C(NCC1(S(C)(=O)=O)CCOCC1)N(C)Cc1cccn1C.I.